The van der Waals surface area contributed by atoms with Crippen LogP contribution >= 0.6 is 0 Å². The van der Waals surface area contributed by atoms with E-state index in [0.29, 0.717) is 12.5 Å². The van der Waals surface area contributed by atoms with Crippen LogP contribution in [0.1, 0.15) is 20.3 Å². The van der Waals surface area contributed by atoms with E-state index in [4.69, 9.17) is 13.6 Å². The molecule has 0 saturated carbocycles. The van der Waals surface area contributed by atoms with E-state index in [-0.39, 0.29) is 11.1 Å². The molecule has 0 bridgehead atoms. The molecule has 0 aliphatic rings. The van der Waals surface area contributed by atoms with Crippen LogP contribution in [-0.2, 0) is 23.2 Å². The summed E-state index contributed by atoms with van der Waals surface area (Å²) in [6.45, 7) is 18.6. The molecular weight excluding hydrogens is 316 g/mol. The highest BCUT2D eigenvalue weighted by Crippen LogP contribution is 2.15. The van der Waals surface area contributed by atoms with Crippen molar-refractivity contribution >= 4 is 29.3 Å². The van der Waals surface area contributed by atoms with E-state index < -0.39 is 35.6 Å². The highest BCUT2D eigenvalue weighted by molar-refractivity contribution is 6.77. The second-order valence-corrected chi connectivity index (χ2v) is 13.2. The van der Waals surface area contributed by atoms with E-state index in [9.17, 15) is 9.59 Å². The molecule has 0 fully saturated rings. The number of carbonyl (C=O) groups excluding carboxylic acids is 2. The lowest BCUT2D eigenvalue weighted by Crippen LogP contribution is -2.34. The van der Waals surface area contributed by atoms with Gasteiger partial charge in [0, 0.05) is 17.6 Å². The van der Waals surface area contributed by atoms with Crippen molar-refractivity contribution in [3.8, 4) is 0 Å². The third-order valence-corrected chi connectivity index (χ3v) is 7.22. The number of ether oxygens (including phenoxy) is 2. The van der Waals surface area contributed by atoms with Crippen LogP contribution in [0.3, 0.4) is 0 Å². The maximum absolute atomic E-state index is 11.6. The third kappa shape index (κ3) is 9.70. The Balaban J connectivity index is 4.65. The average molecular weight is 344 g/mol. The van der Waals surface area contributed by atoms with Gasteiger partial charge in [-0.3, -0.25) is 0 Å². The molecule has 125 valence electrons. The van der Waals surface area contributed by atoms with Gasteiger partial charge in [0.15, 0.2) is 17.4 Å². The number of hydrogen-bond acceptors (Lipinski definition) is 5. The summed E-state index contributed by atoms with van der Waals surface area (Å²) in [5, 5.41) is 0. The first-order valence-electron chi connectivity index (χ1n) is 7.17. The first kappa shape index (κ1) is 20.8. The lowest BCUT2D eigenvalue weighted by atomic mass is 10.3. The predicted molar refractivity (Wildman–Crippen MR) is 91.1 cm³/mol. The summed E-state index contributed by atoms with van der Waals surface area (Å²) in [6.07, 6.45) is -0.522. The van der Waals surface area contributed by atoms with E-state index in [1.807, 2.05) is 0 Å². The largest absolute Gasteiger partial charge is 0.456 e. The Morgan fingerprint density at radius 1 is 1.05 bits per heavy atom. The van der Waals surface area contributed by atoms with Crippen molar-refractivity contribution in [1.29, 1.82) is 0 Å². The highest BCUT2D eigenvalue weighted by Gasteiger charge is 2.24. The van der Waals surface area contributed by atoms with Gasteiger partial charge in [-0.2, -0.15) is 0 Å². The molecule has 0 aromatic carbocycles. The fraction of sp³-hybridized carbons (Fsp3) is 0.600. The fourth-order valence-electron chi connectivity index (χ4n) is 1.48. The van der Waals surface area contributed by atoms with Crippen LogP contribution in [0, 0.1) is 0 Å². The van der Waals surface area contributed by atoms with Crippen LogP contribution in [0.15, 0.2) is 24.3 Å². The quantitative estimate of drug-likeness (QED) is 0.278. The zero-order valence-corrected chi connectivity index (χ0v) is 16.4. The van der Waals surface area contributed by atoms with Crippen molar-refractivity contribution in [2.75, 3.05) is 0 Å². The van der Waals surface area contributed by atoms with Crippen LogP contribution in [0.25, 0.3) is 0 Å². The second-order valence-electron chi connectivity index (χ2n) is 6.26. The van der Waals surface area contributed by atoms with Gasteiger partial charge >= 0.3 is 11.9 Å². The van der Waals surface area contributed by atoms with Gasteiger partial charge in [0.05, 0.1) is 0 Å². The summed E-state index contributed by atoms with van der Waals surface area (Å²) in [6, 6.07) is 0.715. The minimum atomic E-state index is -1.59. The Morgan fingerprint density at radius 3 is 1.77 bits per heavy atom. The lowest BCUT2D eigenvalue weighted by Gasteiger charge is -2.24. The standard InChI is InChI=1S/C15H27O5Si2/c1-11(2)14(16)18-13(19-15(17)12(3)4)9-10-21(5)20-22(6,7)8/h13H,1,3,9-10H2,2,4-8H3. The summed E-state index contributed by atoms with van der Waals surface area (Å²) >= 11 is 0. The first-order valence-corrected chi connectivity index (χ1v) is 12.7. The van der Waals surface area contributed by atoms with Crippen molar-refractivity contribution in [3.05, 3.63) is 24.3 Å². The molecular formula is C15H27O5Si2. The molecule has 0 aliphatic carbocycles. The molecule has 0 amide bonds. The molecule has 0 N–H and O–H groups in total. The summed E-state index contributed by atoms with van der Waals surface area (Å²) < 4.78 is 16.3. The SMILES string of the molecule is C=C(C)C(=O)OC(CC[Si](C)O[Si](C)(C)C)OC(=O)C(=C)C. The molecule has 5 nitrogen and oxygen atoms in total. The minimum absolute atomic E-state index is 0.261. The van der Waals surface area contributed by atoms with E-state index in [1.54, 1.807) is 13.8 Å². The number of carbonyl (C=O) groups is 2. The van der Waals surface area contributed by atoms with Crippen molar-refractivity contribution in [1.82, 2.24) is 0 Å². The van der Waals surface area contributed by atoms with Crippen LogP contribution in [-0.4, -0.2) is 35.6 Å². The third-order valence-electron chi connectivity index (χ3n) is 2.39. The van der Waals surface area contributed by atoms with Gasteiger partial charge in [-0.05, 0) is 46.1 Å². The molecule has 0 saturated heterocycles. The van der Waals surface area contributed by atoms with Gasteiger partial charge in [-0.15, -0.1) is 0 Å². The highest BCUT2D eigenvalue weighted by atomic mass is 28.4. The van der Waals surface area contributed by atoms with Gasteiger partial charge in [0.1, 0.15) is 0 Å². The van der Waals surface area contributed by atoms with Crippen molar-refractivity contribution in [2.45, 2.75) is 58.8 Å². The first-order chi connectivity index (χ1) is 9.92. The molecule has 1 radical (unpaired) electrons. The maximum atomic E-state index is 11.6. The number of rotatable bonds is 9. The topological polar surface area (TPSA) is 61.8 Å². The van der Waals surface area contributed by atoms with E-state index in [1.165, 1.54) is 0 Å². The normalized spacial score (nSPS) is 11.5. The molecule has 0 unspecified atom stereocenters. The average Bonchev–Trinajstić information content (AvgIpc) is 2.33. The maximum Gasteiger partial charge on any atom is 0.336 e. The molecule has 0 aromatic rings. The predicted octanol–water partition coefficient (Wildman–Crippen LogP) is 3.41. The molecule has 0 aliphatic heterocycles. The Hall–Kier alpha value is -1.19. The van der Waals surface area contributed by atoms with Crippen LogP contribution in [0.5, 0.6) is 0 Å². The van der Waals surface area contributed by atoms with Crippen molar-refractivity contribution < 1.29 is 23.2 Å². The summed E-state index contributed by atoms with van der Waals surface area (Å²) in [7, 11) is -2.61. The number of hydrogen-bond donors (Lipinski definition) is 0. The molecule has 0 rings (SSSR count). The zero-order valence-electron chi connectivity index (χ0n) is 14.4. The molecule has 0 spiro atoms. The molecule has 0 heterocycles. The Kier molecular flexibility index (Phi) is 8.58. The van der Waals surface area contributed by atoms with Crippen LogP contribution < -0.4 is 0 Å². The Labute approximate surface area is 136 Å². The fourth-order valence-corrected chi connectivity index (χ4v) is 6.71. The zero-order chi connectivity index (χ0) is 17.5. The van der Waals surface area contributed by atoms with Gasteiger partial charge in [0.25, 0.3) is 0 Å². The van der Waals surface area contributed by atoms with E-state index in [2.05, 4.69) is 39.3 Å². The smallest absolute Gasteiger partial charge is 0.336 e. The molecule has 22 heavy (non-hydrogen) atoms. The monoisotopic (exact) mass is 343 g/mol. The van der Waals surface area contributed by atoms with Crippen LogP contribution in [0.4, 0.5) is 0 Å². The van der Waals surface area contributed by atoms with Gasteiger partial charge in [-0.25, -0.2) is 9.59 Å². The van der Waals surface area contributed by atoms with Gasteiger partial charge < -0.3 is 13.6 Å². The summed E-state index contributed by atoms with van der Waals surface area (Å²) in [5.74, 6) is -1.15. The van der Waals surface area contributed by atoms with E-state index in [0.717, 1.165) is 0 Å². The molecule has 0 aromatic heterocycles. The Bertz CT molecular complexity index is 412. The number of esters is 2. The van der Waals surface area contributed by atoms with E-state index >= 15 is 0 Å². The van der Waals surface area contributed by atoms with Crippen LogP contribution in [0.2, 0.25) is 32.2 Å². The van der Waals surface area contributed by atoms with Gasteiger partial charge in [0.2, 0.25) is 6.29 Å². The molecule has 7 heteroatoms. The second kappa shape index (κ2) is 9.07. The minimum Gasteiger partial charge on any atom is -0.456 e. The lowest BCUT2D eigenvalue weighted by molar-refractivity contribution is -0.182. The summed E-state index contributed by atoms with van der Waals surface area (Å²) in [4.78, 5) is 23.3. The van der Waals surface area contributed by atoms with Crippen molar-refractivity contribution in [2.24, 2.45) is 0 Å². The Morgan fingerprint density at radius 2 is 1.45 bits per heavy atom. The van der Waals surface area contributed by atoms with Crippen molar-refractivity contribution in [3.63, 3.8) is 0 Å². The summed E-state index contributed by atoms with van der Waals surface area (Å²) in [5.41, 5.74) is 0.522. The molecule has 0 atom stereocenters. The van der Waals surface area contributed by atoms with Gasteiger partial charge in [-0.1, -0.05) is 13.2 Å².